The number of unbranched alkanes of at least 4 members (excludes halogenated alkanes) is 1. The van der Waals surface area contributed by atoms with Crippen LogP contribution in [-0.4, -0.2) is 55.7 Å². The molecule has 0 atom stereocenters. The number of amides is 1. The Balaban J connectivity index is 2.20. The maximum atomic E-state index is 11.2. The van der Waals surface area contributed by atoms with Crippen LogP contribution in [0.15, 0.2) is 0 Å². The van der Waals surface area contributed by atoms with Gasteiger partial charge in [0.15, 0.2) is 0 Å². The minimum atomic E-state index is -0.194. The maximum Gasteiger partial charge on any atom is 0.409 e. The lowest BCUT2D eigenvalue weighted by molar-refractivity contribution is 0.0906. The van der Waals surface area contributed by atoms with E-state index in [1.165, 1.54) is 20.0 Å². The number of rotatable bonds is 3. The van der Waals surface area contributed by atoms with E-state index < -0.39 is 0 Å². The monoisotopic (exact) mass is 200 g/mol. The molecule has 1 aliphatic rings. The van der Waals surface area contributed by atoms with Crippen LogP contribution in [0.5, 0.6) is 0 Å². The molecule has 0 bridgehead atoms. The van der Waals surface area contributed by atoms with Gasteiger partial charge in [0.2, 0.25) is 0 Å². The number of hydrogen-bond donors (Lipinski definition) is 0. The lowest BCUT2D eigenvalue weighted by atomic mass is 10.2. The standard InChI is InChI=1S/C10H20N2O2/c1-3-4-5-11-6-8-12(9-7-11)10(13)14-2/h3-9H2,1-2H3. The van der Waals surface area contributed by atoms with Crippen molar-refractivity contribution in [1.82, 2.24) is 9.80 Å². The molecule has 1 saturated heterocycles. The SMILES string of the molecule is CCCCN1CCN(C(=O)OC)CC1. The molecule has 0 unspecified atom stereocenters. The van der Waals surface area contributed by atoms with E-state index in [0.717, 1.165) is 32.7 Å². The van der Waals surface area contributed by atoms with Gasteiger partial charge in [0.1, 0.15) is 0 Å². The zero-order valence-electron chi connectivity index (χ0n) is 9.16. The van der Waals surface area contributed by atoms with Crippen LogP contribution in [0.1, 0.15) is 19.8 Å². The third kappa shape index (κ3) is 3.18. The van der Waals surface area contributed by atoms with Crippen molar-refractivity contribution in [2.45, 2.75) is 19.8 Å². The summed E-state index contributed by atoms with van der Waals surface area (Å²) in [6.07, 6.45) is 2.29. The second-order valence-electron chi connectivity index (χ2n) is 3.65. The van der Waals surface area contributed by atoms with Crippen molar-refractivity contribution in [3.63, 3.8) is 0 Å². The van der Waals surface area contributed by atoms with Crippen molar-refractivity contribution in [1.29, 1.82) is 0 Å². The molecule has 0 saturated carbocycles. The predicted octanol–water partition coefficient (Wildman–Crippen LogP) is 1.17. The Kier molecular flexibility index (Phi) is 4.73. The first-order valence-electron chi connectivity index (χ1n) is 5.33. The Morgan fingerprint density at radius 2 is 1.93 bits per heavy atom. The number of methoxy groups -OCH3 is 1. The predicted molar refractivity (Wildman–Crippen MR) is 55.3 cm³/mol. The van der Waals surface area contributed by atoms with E-state index in [1.807, 2.05) is 0 Å². The molecule has 14 heavy (non-hydrogen) atoms. The molecule has 0 N–H and O–H groups in total. The van der Waals surface area contributed by atoms with Crippen molar-refractivity contribution in [3.05, 3.63) is 0 Å². The van der Waals surface area contributed by atoms with Gasteiger partial charge in [-0.3, -0.25) is 4.90 Å². The van der Waals surface area contributed by atoms with E-state index >= 15 is 0 Å². The number of piperazine rings is 1. The minimum Gasteiger partial charge on any atom is -0.453 e. The summed E-state index contributed by atoms with van der Waals surface area (Å²) in [4.78, 5) is 15.3. The van der Waals surface area contributed by atoms with Crippen LogP contribution in [0.3, 0.4) is 0 Å². The van der Waals surface area contributed by atoms with E-state index in [4.69, 9.17) is 0 Å². The number of nitrogens with zero attached hydrogens (tertiary/aromatic N) is 2. The Hall–Kier alpha value is -0.770. The summed E-state index contributed by atoms with van der Waals surface area (Å²) in [5.41, 5.74) is 0. The van der Waals surface area contributed by atoms with Gasteiger partial charge in [-0.15, -0.1) is 0 Å². The van der Waals surface area contributed by atoms with Gasteiger partial charge in [0, 0.05) is 26.2 Å². The van der Waals surface area contributed by atoms with Crippen LogP contribution in [0.25, 0.3) is 0 Å². The summed E-state index contributed by atoms with van der Waals surface area (Å²) in [6, 6.07) is 0. The van der Waals surface area contributed by atoms with Crippen molar-refractivity contribution in [3.8, 4) is 0 Å². The van der Waals surface area contributed by atoms with Crippen molar-refractivity contribution in [2.24, 2.45) is 0 Å². The average molecular weight is 200 g/mol. The van der Waals surface area contributed by atoms with Crippen LogP contribution in [0, 0.1) is 0 Å². The molecule has 0 radical (unpaired) electrons. The van der Waals surface area contributed by atoms with Gasteiger partial charge < -0.3 is 9.64 Å². The second-order valence-corrected chi connectivity index (χ2v) is 3.65. The number of carbonyl (C=O) groups is 1. The zero-order chi connectivity index (χ0) is 10.4. The van der Waals surface area contributed by atoms with E-state index in [2.05, 4.69) is 16.6 Å². The van der Waals surface area contributed by atoms with Gasteiger partial charge in [-0.05, 0) is 13.0 Å². The highest BCUT2D eigenvalue weighted by atomic mass is 16.5. The van der Waals surface area contributed by atoms with Gasteiger partial charge in [0.05, 0.1) is 7.11 Å². The van der Waals surface area contributed by atoms with Gasteiger partial charge in [-0.2, -0.15) is 0 Å². The van der Waals surface area contributed by atoms with E-state index in [1.54, 1.807) is 4.90 Å². The molecular formula is C10H20N2O2. The quantitative estimate of drug-likeness (QED) is 0.685. The third-order valence-corrected chi connectivity index (χ3v) is 2.63. The topological polar surface area (TPSA) is 32.8 Å². The smallest absolute Gasteiger partial charge is 0.409 e. The fourth-order valence-electron chi connectivity index (χ4n) is 1.66. The van der Waals surface area contributed by atoms with Gasteiger partial charge in [0.25, 0.3) is 0 Å². The Labute approximate surface area is 85.8 Å². The lowest BCUT2D eigenvalue weighted by Gasteiger charge is -2.33. The van der Waals surface area contributed by atoms with Crippen molar-refractivity contribution >= 4 is 6.09 Å². The van der Waals surface area contributed by atoms with Crippen LogP contribution in [-0.2, 0) is 4.74 Å². The first kappa shape index (κ1) is 11.3. The fraction of sp³-hybridized carbons (Fsp3) is 0.900. The highest BCUT2D eigenvalue weighted by Crippen LogP contribution is 2.04. The Morgan fingerprint density at radius 3 is 2.43 bits per heavy atom. The Morgan fingerprint density at radius 1 is 1.29 bits per heavy atom. The summed E-state index contributed by atoms with van der Waals surface area (Å²) in [6.45, 7) is 6.92. The van der Waals surface area contributed by atoms with Crippen molar-refractivity contribution in [2.75, 3.05) is 39.8 Å². The van der Waals surface area contributed by atoms with E-state index in [-0.39, 0.29) is 6.09 Å². The molecule has 0 aromatic rings. The molecule has 1 rings (SSSR count). The average Bonchev–Trinajstić information content (AvgIpc) is 2.26. The maximum absolute atomic E-state index is 11.2. The molecule has 0 aromatic carbocycles. The molecule has 4 heteroatoms. The van der Waals surface area contributed by atoms with Crippen LogP contribution in [0.4, 0.5) is 4.79 Å². The summed E-state index contributed by atoms with van der Waals surface area (Å²) in [7, 11) is 1.44. The second kappa shape index (κ2) is 5.86. The first-order valence-corrected chi connectivity index (χ1v) is 5.33. The molecule has 1 amide bonds. The summed E-state index contributed by atoms with van der Waals surface area (Å²) < 4.78 is 4.67. The summed E-state index contributed by atoms with van der Waals surface area (Å²) in [5.74, 6) is 0. The lowest BCUT2D eigenvalue weighted by Crippen LogP contribution is -2.48. The highest BCUT2D eigenvalue weighted by molar-refractivity contribution is 5.67. The summed E-state index contributed by atoms with van der Waals surface area (Å²) in [5, 5.41) is 0. The van der Waals surface area contributed by atoms with E-state index in [0.29, 0.717) is 0 Å². The zero-order valence-corrected chi connectivity index (χ0v) is 9.16. The molecular weight excluding hydrogens is 180 g/mol. The fourth-order valence-corrected chi connectivity index (χ4v) is 1.66. The van der Waals surface area contributed by atoms with Crippen LogP contribution in [0.2, 0.25) is 0 Å². The number of hydrogen-bond acceptors (Lipinski definition) is 3. The van der Waals surface area contributed by atoms with E-state index in [9.17, 15) is 4.79 Å². The molecule has 0 spiro atoms. The van der Waals surface area contributed by atoms with Crippen LogP contribution < -0.4 is 0 Å². The molecule has 1 aliphatic heterocycles. The van der Waals surface area contributed by atoms with Crippen molar-refractivity contribution < 1.29 is 9.53 Å². The Bertz CT molecular complexity index is 177. The largest absolute Gasteiger partial charge is 0.453 e. The molecule has 0 aliphatic carbocycles. The molecule has 82 valence electrons. The third-order valence-electron chi connectivity index (χ3n) is 2.63. The minimum absolute atomic E-state index is 0.194. The molecule has 1 fully saturated rings. The number of carbonyl (C=O) groups excluding carboxylic acids is 1. The van der Waals surface area contributed by atoms with Gasteiger partial charge in [-0.1, -0.05) is 13.3 Å². The molecule has 4 nitrogen and oxygen atoms in total. The first-order chi connectivity index (χ1) is 6.77. The normalized spacial score (nSPS) is 18.3. The molecule has 0 aromatic heterocycles. The highest BCUT2D eigenvalue weighted by Gasteiger charge is 2.20. The van der Waals surface area contributed by atoms with Gasteiger partial charge >= 0.3 is 6.09 Å². The summed E-state index contributed by atoms with van der Waals surface area (Å²) >= 11 is 0. The van der Waals surface area contributed by atoms with Crippen LogP contribution >= 0.6 is 0 Å². The van der Waals surface area contributed by atoms with Gasteiger partial charge in [-0.25, -0.2) is 4.79 Å². The number of ether oxygens (including phenoxy) is 1. The molecule has 1 heterocycles.